The summed E-state index contributed by atoms with van der Waals surface area (Å²) < 4.78 is 19.1. The third kappa shape index (κ3) is 4.26. The summed E-state index contributed by atoms with van der Waals surface area (Å²) in [6, 6.07) is 5.95. The van der Waals surface area contributed by atoms with Gasteiger partial charge in [-0.1, -0.05) is 6.07 Å². The molecule has 0 aliphatic carbocycles. The van der Waals surface area contributed by atoms with E-state index in [-0.39, 0.29) is 17.3 Å². The molecule has 6 nitrogen and oxygen atoms in total. The fourth-order valence-electron chi connectivity index (χ4n) is 1.71. The van der Waals surface area contributed by atoms with Gasteiger partial charge >= 0.3 is 5.97 Å². The summed E-state index contributed by atoms with van der Waals surface area (Å²) >= 11 is 1.09. The predicted molar refractivity (Wildman–Crippen MR) is 83.8 cm³/mol. The number of carbonyl (C=O) groups excluding carboxylic acids is 3. The molecule has 2 rings (SSSR count). The molecule has 0 bridgehead atoms. The summed E-state index contributed by atoms with van der Waals surface area (Å²) in [5, 5.41) is 2.68. The number of thiophene rings is 1. The molecule has 0 saturated heterocycles. The van der Waals surface area contributed by atoms with Gasteiger partial charge in [0.25, 0.3) is 5.91 Å². The first-order valence-corrected chi connectivity index (χ1v) is 7.52. The highest BCUT2D eigenvalue weighted by atomic mass is 32.1. The van der Waals surface area contributed by atoms with Gasteiger partial charge in [-0.25, -0.2) is 9.18 Å². The highest BCUT2D eigenvalue weighted by Gasteiger charge is 2.15. The summed E-state index contributed by atoms with van der Waals surface area (Å²) in [7, 11) is 3.13. The van der Waals surface area contributed by atoms with Crippen LogP contribution in [0.15, 0.2) is 24.3 Å². The highest BCUT2D eigenvalue weighted by molar-refractivity contribution is 7.20. The third-order valence-corrected chi connectivity index (χ3v) is 4.06. The lowest BCUT2D eigenvalue weighted by Crippen LogP contribution is -2.38. The van der Waals surface area contributed by atoms with Crippen molar-refractivity contribution in [1.82, 2.24) is 10.2 Å². The van der Waals surface area contributed by atoms with Crippen molar-refractivity contribution in [3.63, 3.8) is 0 Å². The Morgan fingerprint density at radius 2 is 2.04 bits per heavy atom. The fourth-order valence-corrected chi connectivity index (χ4v) is 2.68. The molecule has 0 unspecified atom stereocenters. The van der Waals surface area contributed by atoms with Crippen LogP contribution < -0.4 is 5.32 Å². The number of likely N-dealkylation sites (N-methyl/N-ethyl adjacent to an activating group) is 1. The van der Waals surface area contributed by atoms with Crippen LogP contribution in [0.2, 0.25) is 0 Å². The van der Waals surface area contributed by atoms with E-state index in [2.05, 4.69) is 5.32 Å². The van der Waals surface area contributed by atoms with Crippen molar-refractivity contribution < 1.29 is 23.5 Å². The number of carbonyl (C=O) groups is 3. The molecule has 0 radical (unpaired) electrons. The Morgan fingerprint density at radius 1 is 1.30 bits per heavy atom. The molecule has 0 fully saturated rings. The van der Waals surface area contributed by atoms with E-state index in [1.165, 1.54) is 17.0 Å². The normalized spacial score (nSPS) is 10.4. The Bertz CT molecular complexity index is 757. The van der Waals surface area contributed by atoms with E-state index in [0.717, 1.165) is 11.3 Å². The van der Waals surface area contributed by atoms with E-state index in [4.69, 9.17) is 4.74 Å². The molecule has 0 aliphatic heterocycles. The molecule has 2 amide bonds. The first-order chi connectivity index (χ1) is 10.9. The maximum Gasteiger partial charge on any atom is 0.348 e. The smallest absolute Gasteiger partial charge is 0.348 e. The molecular weight excluding hydrogens is 323 g/mol. The average Bonchev–Trinajstić information content (AvgIpc) is 2.95. The van der Waals surface area contributed by atoms with Crippen LogP contribution >= 0.6 is 11.3 Å². The zero-order chi connectivity index (χ0) is 17.0. The number of nitrogens with zero attached hydrogens (tertiary/aromatic N) is 1. The molecule has 2 aromatic rings. The van der Waals surface area contributed by atoms with E-state index >= 15 is 0 Å². The van der Waals surface area contributed by atoms with Gasteiger partial charge in [0.1, 0.15) is 10.7 Å². The quantitative estimate of drug-likeness (QED) is 0.836. The van der Waals surface area contributed by atoms with Crippen molar-refractivity contribution in [3.8, 4) is 0 Å². The molecule has 1 aromatic carbocycles. The van der Waals surface area contributed by atoms with Crippen LogP contribution in [-0.2, 0) is 14.3 Å². The van der Waals surface area contributed by atoms with Gasteiger partial charge in [0, 0.05) is 24.2 Å². The third-order valence-electron chi connectivity index (χ3n) is 2.98. The SMILES string of the molecule is CN(C)C(=O)CNC(=O)COC(=O)c1cc2c(F)cccc2s1. The molecule has 0 saturated carbocycles. The van der Waals surface area contributed by atoms with Crippen molar-refractivity contribution in [2.24, 2.45) is 0 Å². The molecule has 122 valence electrons. The van der Waals surface area contributed by atoms with Gasteiger partial charge in [0.15, 0.2) is 6.61 Å². The Morgan fingerprint density at radius 3 is 2.70 bits per heavy atom. The maximum absolute atomic E-state index is 13.6. The van der Waals surface area contributed by atoms with E-state index in [9.17, 15) is 18.8 Å². The van der Waals surface area contributed by atoms with Gasteiger partial charge in [-0.3, -0.25) is 9.59 Å². The number of esters is 1. The molecule has 8 heteroatoms. The number of hydrogen-bond donors (Lipinski definition) is 1. The number of nitrogens with one attached hydrogen (secondary N) is 1. The maximum atomic E-state index is 13.6. The minimum Gasteiger partial charge on any atom is -0.451 e. The summed E-state index contributed by atoms with van der Waals surface area (Å²) in [5.74, 6) is -1.98. The number of rotatable bonds is 5. The van der Waals surface area contributed by atoms with Gasteiger partial charge in [0.2, 0.25) is 5.91 Å². The van der Waals surface area contributed by atoms with Crippen molar-refractivity contribution in [2.75, 3.05) is 27.2 Å². The molecular formula is C15H15FN2O4S. The van der Waals surface area contributed by atoms with Gasteiger partial charge in [0.05, 0.1) is 6.54 Å². The zero-order valence-corrected chi connectivity index (χ0v) is 13.4. The molecule has 1 N–H and O–H groups in total. The zero-order valence-electron chi connectivity index (χ0n) is 12.6. The van der Waals surface area contributed by atoms with E-state index < -0.39 is 24.3 Å². The first kappa shape index (κ1) is 16.9. The fraction of sp³-hybridized carbons (Fsp3) is 0.267. The number of benzene rings is 1. The molecule has 0 spiro atoms. The van der Waals surface area contributed by atoms with Gasteiger partial charge in [-0.2, -0.15) is 0 Å². The van der Waals surface area contributed by atoms with Crippen LogP contribution in [0.4, 0.5) is 4.39 Å². The molecule has 0 aliphatic rings. The largest absolute Gasteiger partial charge is 0.451 e. The molecule has 1 heterocycles. The van der Waals surface area contributed by atoms with E-state index in [0.29, 0.717) is 10.1 Å². The van der Waals surface area contributed by atoms with Crippen molar-refractivity contribution in [3.05, 3.63) is 35.0 Å². The van der Waals surface area contributed by atoms with Crippen LogP contribution in [0.1, 0.15) is 9.67 Å². The van der Waals surface area contributed by atoms with Crippen LogP contribution in [0.25, 0.3) is 10.1 Å². The molecule has 1 aromatic heterocycles. The van der Waals surface area contributed by atoms with Gasteiger partial charge in [-0.15, -0.1) is 11.3 Å². The summed E-state index contributed by atoms with van der Waals surface area (Å²) in [5.41, 5.74) is 0. The topological polar surface area (TPSA) is 75.7 Å². The number of fused-ring (bicyclic) bond motifs is 1. The summed E-state index contributed by atoms with van der Waals surface area (Å²) in [6.07, 6.45) is 0. The van der Waals surface area contributed by atoms with Crippen LogP contribution in [-0.4, -0.2) is 49.9 Å². The Kier molecular flexibility index (Phi) is 5.28. The average molecular weight is 338 g/mol. The monoisotopic (exact) mass is 338 g/mol. The van der Waals surface area contributed by atoms with Gasteiger partial charge < -0.3 is 15.0 Å². The number of amides is 2. The van der Waals surface area contributed by atoms with Crippen molar-refractivity contribution >= 4 is 39.2 Å². The second-order valence-electron chi connectivity index (χ2n) is 4.90. The minimum atomic E-state index is -0.709. The summed E-state index contributed by atoms with van der Waals surface area (Å²) in [6.45, 7) is -0.673. The molecule has 0 atom stereocenters. The Hall–Kier alpha value is -2.48. The number of halogens is 1. The Labute approximate surface area is 135 Å². The lowest BCUT2D eigenvalue weighted by molar-refractivity contribution is -0.131. The lowest BCUT2D eigenvalue weighted by Gasteiger charge is -2.10. The van der Waals surface area contributed by atoms with Crippen molar-refractivity contribution in [1.29, 1.82) is 0 Å². The minimum absolute atomic E-state index is 0.169. The van der Waals surface area contributed by atoms with Crippen LogP contribution in [0, 0.1) is 5.82 Å². The second kappa shape index (κ2) is 7.19. The highest BCUT2D eigenvalue weighted by Crippen LogP contribution is 2.27. The summed E-state index contributed by atoms with van der Waals surface area (Å²) in [4.78, 5) is 36.3. The first-order valence-electron chi connectivity index (χ1n) is 6.70. The van der Waals surface area contributed by atoms with Crippen LogP contribution in [0.3, 0.4) is 0 Å². The van der Waals surface area contributed by atoms with Gasteiger partial charge in [-0.05, 0) is 18.2 Å². The van der Waals surface area contributed by atoms with E-state index in [1.54, 1.807) is 26.2 Å². The predicted octanol–water partition coefficient (Wildman–Crippen LogP) is 1.40. The number of hydrogen-bond acceptors (Lipinski definition) is 5. The second-order valence-corrected chi connectivity index (χ2v) is 5.99. The van der Waals surface area contributed by atoms with Crippen molar-refractivity contribution in [2.45, 2.75) is 0 Å². The Balaban J connectivity index is 1.90. The lowest BCUT2D eigenvalue weighted by atomic mass is 10.2. The van der Waals surface area contributed by atoms with E-state index in [1.807, 2.05) is 0 Å². The number of ether oxygens (including phenoxy) is 1. The van der Waals surface area contributed by atoms with Crippen LogP contribution in [0.5, 0.6) is 0 Å². The standard InChI is InChI=1S/C15H15FN2O4S/c1-18(2)14(20)7-17-13(19)8-22-15(21)12-6-9-10(16)4-3-5-11(9)23-12/h3-6H,7-8H2,1-2H3,(H,17,19). The molecule has 23 heavy (non-hydrogen) atoms.